The van der Waals surface area contributed by atoms with Gasteiger partial charge in [-0.05, 0) is 36.6 Å². The molecule has 0 aliphatic carbocycles. The first-order valence-corrected chi connectivity index (χ1v) is 10.4. The lowest BCUT2D eigenvalue weighted by Gasteiger charge is -2.15. The number of aromatic hydroxyl groups is 1. The molecule has 26 heavy (non-hydrogen) atoms. The van der Waals surface area contributed by atoms with Crippen LogP contribution in [0.3, 0.4) is 0 Å². The lowest BCUT2D eigenvalue weighted by Crippen LogP contribution is -2.04. The maximum Gasteiger partial charge on any atom is 0.298 e. The lowest BCUT2D eigenvalue weighted by atomic mass is 10.0. The standard InChI is InChI=1S/C20H26O5S/c1-2-3-4-5-6-8-11-16-14-17(21)15-19(26(22,23)24)20(16)25-18-12-9-7-10-13-18/h7,9-10,12-15,21H,2-6,8,11H2,1H3,(H,22,23,24). The van der Waals surface area contributed by atoms with Crippen LogP contribution in [0.25, 0.3) is 0 Å². The summed E-state index contributed by atoms with van der Waals surface area (Å²) in [5.41, 5.74) is 0.567. The lowest BCUT2D eigenvalue weighted by molar-refractivity contribution is 0.433. The Hall–Kier alpha value is -2.05. The second-order valence-corrected chi connectivity index (χ2v) is 7.73. The molecule has 0 fully saturated rings. The summed E-state index contributed by atoms with van der Waals surface area (Å²) in [6, 6.07) is 11.3. The molecule has 0 radical (unpaired) electrons. The summed E-state index contributed by atoms with van der Waals surface area (Å²) in [4.78, 5) is -0.415. The van der Waals surface area contributed by atoms with Gasteiger partial charge in [0.2, 0.25) is 0 Å². The maximum absolute atomic E-state index is 11.8. The molecular weight excluding hydrogens is 352 g/mol. The van der Waals surface area contributed by atoms with Crippen LogP contribution >= 0.6 is 0 Å². The summed E-state index contributed by atoms with van der Waals surface area (Å²) in [5, 5.41) is 9.89. The predicted molar refractivity (Wildman–Crippen MR) is 102 cm³/mol. The van der Waals surface area contributed by atoms with Crippen LogP contribution in [0.2, 0.25) is 0 Å². The number of rotatable bonds is 10. The summed E-state index contributed by atoms with van der Waals surface area (Å²) < 4.78 is 38.8. The van der Waals surface area contributed by atoms with Crippen LogP contribution in [0.15, 0.2) is 47.4 Å². The van der Waals surface area contributed by atoms with Crippen molar-refractivity contribution in [3.63, 3.8) is 0 Å². The summed E-state index contributed by atoms with van der Waals surface area (Å²) in [5.74, 6) is 0.330. The van der Waals surface area contributed by atoms with E-state index in [1.165, 1.54) is 25.3 Å². The van der Waals surface area contributed by atoms with Crippen LogP contribution in [-0.2, 0) is 16.5 Å². The number of aryl methyl sites for hydroxylation is 1. The van der Waals surface area contributed by atoms with Gasteiger partial charge >= 0.3 is 0 Å². The van der Waals surface area contributed by atoms with Crippen molar-refractivity contribution in [2.24, 2.45) is 0 Å². The van der Waals surface area contributed by atoms with E-state index in [0.717, 1.165) is 25.3 Å². The molecule has 2 N–H and O–H groups in total. The van der Waals surface area contributed by atoms with Crippen LogP contribution in [0.5, 0.6) is 17.2 Å². The highest BCUT2D eigenvalue weighted by molar-refractivity contribution is 7.86. The second-order valence-electron chi connectivity index (χ2n) is 6.34. The number of para-hydroxylation sites is 1. The number of benzene rings is 2. The van der Waals surface area contributed by atoms with Crippen molar-refractivity contribution in [2.45, 2.75) is 56.8 Å². The number of unbranched alkanes of at least 4 members (excludes halogenated alkanes) is 5. The fourth-order valence-electron chi connectivity index (χ4n) is 2.84. The van der Waals surface area contributed by atoms with E-state index < -0.39 is 15.0 Å². The zero-order valence-corrected chi connectivity index (χ0v) is 15.8. The van der Waals surface area contributed by atoms with Gasteiger partial charge in [-0.2, -0.15) is 8.42 Å². The molecule has 0 spiro atoms. The average molecular weight is 378 g/mol. The zero-order valence-electron chi connectivity index (χ0n) is 15.0. The summed E-state index contributed by atoms with van der Waals surface area (Å²) in [6.07, 6.45) is 7.11. The molecular formula is C20H26O5S. The third-order valence-corrected chi connectivity index (χ3v) is 5.02. The Morgan fingerprint density at radius 1 is 0.962 bits per heavy atom. The van der Waals surface area contributed by atoms with Crippen molar-refractivity contribution < 1.29 is 22.8 Å². The molecule has 6 heteroatoms. The Labute approximate surface area is 155 Å². The minimum absolute atomic E-state index is 0.0741. The van der Waals surface area contributed by atoms with E-state index in [2.05, 4.69) is 6.92 Å². The normalized spacial score (nSPS) is 11.5. The van der Waals surface area contributed by atoms with E-state index in [4.69, 9.17) is 4.74 Å². The highest BCUT2D eigenvalue weighted by atomic mass is 32.2. The number of hydrogen-bond donors (Lipinski definition) is 2. The minimum Gasteiger partial charge on any atom is -0.508 e. The van der Waals surface area contributed by atoms with Gasteiger partial charge in [0.1, 0.15) is 16.4 Å². The van der Waals surface area contributed by atoms with E-state index >= 15 is 0 Å². The second kappa shape index (κ2) is 9.59. The topological polar surface area (TPSA) is 83.8 Å². The Morgan fingerprint density at radius 2 is 1.62 bits per heavy atom. The molecule has 0 unspecified atom stereocenters. The molecule has 0 amide bonds. The average Bonchev–Trinajstić information content (AvgIpc) is 2.59. The van der Waals surface area contributed by atoms with Crippen molar-refractivity contribution in [1.29, 1.82) is 0 Å². The Kier molecular flexibility index (Phi) is 7.48. The van der Waals surface area contributed by atoms with E-state index in [0.29, 0.717) is 17.7 Å². The largest absolute Gasteiger partial charge is 0.508 e. The van der Waals surface area contributed by atoms with Crippen LogP contribution in [0, 0.1) is 0 Å². The molecule has 0 saturated heterocycles. The number of phenolic OH excluding ortho intramolecular Hbond substituents is 1. The third kappa shape index (κ3) is 6.04. The van der Waals surface area contributed by atoms with E-state index in [1.54, 1.807) is 24.3 Å². The van der Waals surface area contributed by atoms with Gasteiger partial charge in [0, 0.05) is 6.07 Å². The molecule has 2 aromatic carbocycles. The van der Waals surface area contributed by atoms with Gasteiger partial charge in [-0.25, -0.2) is 0 Å². The van der Waals surface area contributed by atoms with Gasteiger partial charge in [0.15, 0.2) is 5.75 Å². The van der Waals surface area contributed by atoms with Crippen molar-refractivity contribution in [3.8, 4) is 17.2 Å². The maximum atomic E-state index is 11.8. The van der Waals surface area contributed by atoms with Crippen LogP contribution in [0.1, 0.15) is 51.0 Å². The summed E-state index contributed by atoms with van der Waals surface area (Å²) >= 11 is 0. The van der Waals surface area contributed by atoms with Crippen molar-refractivity contribution in [1.82, 2.24) is 0 Å². The van der Waals surface area contributed by atoms with Gasteiger partial charge in [0.05, 0.1) is 0 Å². The van der Waals surface area contributed by atoms with Crippen LogP contribution in [0.4, 0.5) is 0 Å². The summed E-state index contributed by atoms with van der Waals surface area (Å²) in [6.45, 7) is 2.16. The zero-order chi connectivity index (χ0) is 19.0. The monoisotopic (exact) mass is 378 g/mol. The van der Waals surface area contributed by atoms with Gasteiger partial charge in [-0.1, -0.05) is 57.2 Å². The first-order chi connectivity index (χ1) is 12.4. The highest BCUT2D eigenvalue weighted by Gasteiger charge is 2.22. The van der Waals surface area contributed by atoms with Crippen LogP contribution < -0.4 is 4.74 Å². The molecule has 0 heterocycles. The van der Waals surface area contributed by atoms with E-state index in [-0.39, 0.29) is 11.5 Å². The molecule has 0 atom stereocenters. The summed E-state index contributed by atoms with van der Waals surface area (Å²) in [7, 11) is -4.53. The highest BCUT2D eigenvalue weighted by Crippen LogP contribution is 2.36. The predicted octanol–water partition coefficient (Wildman–Crippen LogP) is 5.33. The molecule has 0 aromatic heterocycles. The van der Waals surface area contributed by atoms with Crippen molar-refractivity contribution >= 4 is 10.1 Å². The molecule has 0 aliphatic heterocycles. The van der Waals surface area contributed by atoms with Crippen molar-refractivity contribution in [2.75, 3.05) is 0 Å². The van der Waals surface area contributed by atoms with E-state index in [9.17, 15) is 18.1 Å². The first kappa shape index (κ1) is 20.3. The smallest absolute Gasteiger partial charge is 0.298 e. The van der Waals surface area contributed by atoms with Crippen LogP contribution in [-0.4, -0.2) is 18.1 Å². The van der Waals surface area contributed by atoms with E-state index in [1.807, 2.05) is 6.07 Å². The number of phenols is 1. The Morgan fingerprint density at radius 3 is 2.27 bits per heavy atom. The van der Waals surface area contributed by atoms with Crippen molar-refractivity contribution in [3.05, 3.63) is 48.0 Å². The number of ether oxygens (including phenoxy) is 1. The molecule has 142 valence electrons. The minimum atomic E-state index is -4.53. The fourth-order valence-corrected chi connectivity index (χ4v) is 3.52. The molecule has 0 bridgehead atoms. The fraction of sp³-hybridized carbons (Fsp3) is 0.400. The Bertz CT molecular complexity index is 800. The number of hydrogen-bond acceptors (Lipinski definition) is 4. The molecule has 0 aliphatic rings. The molecule has 2 aromatic rings. The van der Waals surface area contributed by atoms with Gasteiger partial charge in [0.25, 0.3) is 10.1 Å². The Balaban J connectivity index is 2.25. The molecule has 2 rings (SSSR count). The molecule has 5 nitrogen and oxygen atoms in total. The van der Waals surface area contributed by atoms with Gasteiger partial charge in [-0.15, -0.1) is 0 Å². The molecule has 0 saturated carbocycles. The van der Waals surface area contributed by atoms with Gasteiger partial charge in [-0.3, -0.25) is 4.55 Å². The van der Waals surface area contributed by atoms with Gasteiger partial charge < -0.3 is 9.84 Å². The first-order valence-electron chi connectivity index (χ1n) is 8.98. The quantitative estimate of drug-likeness (QED) is 0.431. The third-order valence-electron chi connectivity index (χ3n) is 4.16. The SMILES string of the molecule is CCCCCCCCc1cc(O)cc(S(=O)(=O)O)c1Oc1ccccc1.